The van der Waals surface area contributed by atoms with Gasteiger partial charge in [0, 0.05) is 24.9 Å². The lowest BCUT2D eigenvalue weighted by Crippen LogP contribution is -2.14. The molecule has 6 nitrogen and oxygen atoms in total. The summed E-state index contributed by atoms with van der Waals surface area (Å²) in [4.78, 5) is 8.36. The van der Waals surface area contributed by atoms with Gasteiger partial charge in [-0.2, -0.15) is 14.6 Å². The van der Waals surface area contributed by atoms with Gasteiger partial charge >= 0.3 is 0 Å². The highest BCUT2D eigenvalue weighted by atomic mass is 16.5. The van der Waals surface area contributed by atoms with Gasteiger partial charge < -0.3 is 10.1 Å². The Morgan fingerprint density at radius 1 is 1.44 bits per heavy atom. The number of aryl methyl sites for hydroxylation is 1. The summed E-state index contributed by atoms with van der Waals surface area (Å²) in [5.74, 6) is 2.07. The number of hydrogen-bond acceptors (Lipinski definition) is 5. The zero-order chi connectivity index (χ0) is 13.0. The number of rotatable bonds is 6. The van der Waals surface area contributed by atoms with E-state index in [0.717, 1.165) is 24.7 Å². The van der Waals surface area contributed by atoms with Crippen molar-refractivity contribution in [1.29, 1.82) is 0 Å². The molecule has 1 N–H and O–H groups in total. The largest absolute Gasteiger partial charge is 0.379 e. The third-order valence-corrected chi connectivity index (χ3v) is 2.38. The zero-order valence-electron chi connectivity index (χ0n) is 11.1. The minimum atomic E-state index is 0.565. The third-order valence-electron chi connectivity index (χ3n) is 2.38. The summed E-state index contributed by atoms with van der Waals surface area (Å²) >= 11 is 0. The molecule has 0 aromatic carbocycles. The maximum Gasteiger partial charge on any atom is 0.254 e. The second-order valence-electron chi connectivity index (χ2n) is 4.65. The van der Waals surface area contributed by atoms with E-state index in [-0.39, 0.29) is 0 Å². The first-order valence-corrected chi connectivity index (χ1v) is 6.16. The summed E-state index contributed by atoms with van der Waals surface area (Å²) in [5, 5.41) is 7.41. The van der Waals surface area contributed by atoms with Crippen molar-refractivity contribution >= 4 is 11.6 Å². The molecule has 2 rings (SSSR count). The van der Waals surface area contributed by atoms with Crippen molar-refractivity contribution in [2.45, 2.75) is 20.8 Å². The van der Waals surface area contributed by atoms with Crippen LogP contribution < -0.4 is 5.32 Å². The van der Waals surface area contributed by atoms with E-state index >= 15 is 0 Å². The summed E-state index contributed by atoms with van der Waals surface area (Å²) in [6.07, 6.45) is 1.50. The van der Waals surface area contributed by atoms with E-state index in [2.05, 4.69) is 34.2 Å². The van der Waals surface area contributed by atoms with E-state index < -0.39 is 0 Å². The van der Waals surface area contributed by atoms with Crippen LogP contribution in [0.5, 0.6) is 0 Å². The fourth-order valence-corrected chi connectivity index (χ4v) is 1.63. The van der Waals surface area contributed by atoms with Crippen LogP contribution in [-0.2, 0) is 4.74 Å². The number of anilines is 1. The molecule has 6 heteroatoms. The molecule has 18 heavy (non-hydrogen) atoms. The minimum Gasteiger partial charge on any atom is -0.379 e. The fourth-order valence-electron chi connectivity index (χ4n) is 1.63. The molecule has 2 heterocycles. The summed E-state index contributed by atoms with van der Waals surface area (Å²) < 4.78 is 7.21. The molecule has 0 aliphatic rings. The Balaban J connectivity index is 1.93. The molecule has 0 radical (unpaired) electrons. The number of aromatic nitrogens is 4. The summed E-state index contributed by atoms with van der Waals surface area (Å²) in [7, 11) is 0. The van der Waals surface area contributed by atoms with E-state index in [0.29, 0.717) is 18.3 Å². The number of nitrogens with one attached hydrogen (secondary N) is 1. The van der Waals surface area contributed by atoms with Crippen LogP contribution in [-0.4, -0.2) is 39.3 Å². The van der Waals surface area contributed by atoms with Gasteiger partial charge in [-0.25, -0.2) is 4.98 Å². The Bertz CT molecular complexity index is 508. The highest BCUT2D eigenvalue weighted by Gasteiger charge is 2.04. The predicted molar refractivity (Wildman–Crippen MR) is 69.7 cm³/mol. The van der Waals surface area contributed by atoms with Gasteiger partial charge in [0.15, 0.2) is 0 Å². The second-order valence-corrected chi connectivity index (χ2v) is 4.65. The van der Waals surface area contributed by atoms with Crippen LogP contribution in [0.3, 0.4) is 0 Å². The first kappa shape index (κ1) is 12.8. The van der Waals surface area contributed by atoms with E-state index in [9.17, 15) is 0 Å². The zero-order valence-corrected chi connectivity index (χ0v) is 11.1. The topological polar surface area (TPSA) is 64.3 Å². The Morgan fingerprint density at radius 2 is 2.28 bits per heavy atom. The molecular formula is C12H19N5O. The van der Waals surface area contributed by atoms with Gasteiger partial charge in [0.2, 0.25) is 0 Å². The summed E-state index contributed by atoms with van der Waals surface area (Å²) in [6, 6.07) is 1.95. The number of ether oxygens (including phenoxy) is 1. The summed E-state index contributed by atoms with van der Waals surface area (Å²) in [5.41, 5.74) is 0.918. The van der Waals surface area contributed by atoms with Gasteiger partial charge in [-0.05, 0) is 12.8 Å². The maximum atomic E-state index is 5.52. The van der Waals surface area contributed by atoms with Crippen molar-refractivity contribution in [3.8, 4) is 0 Å². The highest BCUT2D eigenvalue weighted by molar-refractivity contribution is 5.44. The molecule has 2 aromatic heterocycles. The van der Waals surface area contributed by atoms with Crippen LogP contribution in [0.4, 0.5) is 5.82 Å². The minimum absolute atomic E-state index is 0.565. The van der Waals surface area contributed by atoms with Gasteiger partial charge in [-0.1, -0.05) is 13.8 Å². The van der Waals surface area contributed by atoms with Crippen molar-refractivity contribution in [2.75, 3.05) is 25.1 Å². The van der Waals surface area contributed by atoms with Gasteiger partial charge in [0.25, 0.3) is 5.78 Å². The SMILES string of the molecule is Cc1cc(NCCOCC(C)C)n2ncnc2n1. The summed E-state index contributed by atoms with van der Waals surface area (Å²) in [6.45, 7) is 8.42. The van der Waals surface area contributed by atoms with Crippen molar-refractivity contribution < 1.29 is 4.74 Å². The Morgan fingerprint density at radius 3 is 3.06 bits per heavy atom. The number of nitrogens with zero attached hydrogens (tertiary/aromatic N) is 4. The highest BCUT2D eigenvalue weighted by Crippen LogP contribution is 2.09. The average molecular weight is 249 g/mol. The molecule has 0 saturated carbocycles. The van der Waals surface area contributed by atoms with E-state index in [1.165, 1.54) is 6.33 Å². The molecule has 0 aliphatic heterocycles. The van der Waals surface area contributed by atoms with E-state index in [1.807, 2.05) is 13.0 Å². The molecule has 0 amide bonds. The monoisotopic (exact) mass is 249 g/mol. The molecular weight excluding hydrogens is 230 g/mol. The van der Waals surface area contributed by atoms with Crippen LogP contribution in [0.25, 0.3) is 5.78 Å². The average Bonchev–Trinajstić information content (AvgIpc) is 2.75. The molecule has 0 bridgehead atoms. The molecule has 0 spiro atoms. The van der Waals surface area contributed by atoms with Crippen LogP contribution in [0.15, 0.2) is 12.4 Å². The fraction of sp³-hybridized carbons (Fsp3) is 0.583. The van der Waals surface area contributed by atoms with E-state index in [4.69, 9.17) is 4.74 Å². The lowest BCUT2D eigenvalue weighted by atomic mass is 10.2. The Labute approximate surface area is 106 Å². The van der Waals surface area contributed by atoms with Crippen molar-refractivity contribution in [2.24, 2.45) is 5.92 Å². The standard InChI is InChI=1S/C12H19N5O/c1-9(2)7-18-5-4-13-11-6-10(3)16-12-14-8-15-17(11)12/h6,8-9,13H,4-5,7H2,1-3H3. The molecule has 0 fully saturated rings. The lowest BCUT2D eigenvalue weighted by molar-refractivity contribution is 0.118. The van der Waals surface area contributed by atoms with Gasteiger partial charge in [0.1, 0.15) is 12.1 Å². The molecule has 0 saturated heterocycles. The quantitative estimate of drug-likeness (QED) is 0.786. The smallest absolute Gasteiger partial charge is 0.254 e. The van der Waals surface area contributed by atoms with Crippen LogP contribution >= 0.6 is 0 Å². The Kier molecular flexibility index (Phi) is 4.09. The van der Waals surface area contributed by atoms with E-state index in [1.54, 1.807) is 4.52 Å². The van der Waals surface area contributed by atoms with Crippen LogP contribution in [0.1, 0.15) is 19.5 Å². The molecule has 98 valence electrons. The molecule has 0 atom stereocenters. The lowest BCUT2D eigenvalue weighted by Gasteiger charge is -2.10. The Hall–Kier alpha value is -1.69. The maximum absolute atomic E-state index is 5.52. The van der Waals surface area contributed by atoms with Crippen molar-refractivity contribution in [3.05, 3.63) is 18.1 Å². The first-order chi connectivity index (χ1) is 8.66. The van der Waals surface area contributed by atoms with Crippen LogP contribution in [0, 0.1) is 12.8 Å². The van der Waals surface area contributed by atoms with Gasteiger partial charge in [-0.15, -0.1) is 0 Å². The third kappa shape index (κ3) is 3.16. The normalized spacial score (nSPS) is 11.3. The first-order valence-electron chi connectivity index (χ1n) is 6.16. The van der Waals surface area contributed by atoms with Gasteiger partial charge in [0.05, 0.1) is 6.61 Å². The van der Waals surface area contributed by atoms with Crippen molar-refractivity contribution in [3.63, 3.8) is 0 Å². The second kappa shape index (κ2) is 5.77. The molecule has 0 unspecified atom stereocenters. The molecule has 2 aromatic rings. The van der Waals surface area contributed by atoms with Crippen LogP contribution in [0.2, 0.25) is 0 Å². The van der Waals surface area contributed by atoms with Crippen molar-refractivity contribution in [1.82, 2.24) is 19.6 Å². The predicted octanol–water partition coefficient (Wildman–Crippen LogP) is 1.52. The number of fused-ring (bicyclic) bond motifs is 1. The molecule has 0 aliphatic carbocycles. The van der Waals surface area contributed by atoms with Gasteiger partial charge in [-0.3, -0.25) is 0 Å². The number of hydrogen-bond donors (Lipinski definition) is 1.